The van der Waals surface area contributed by atoms with Crippen molar-refractivity contribution in [1.29, 1.82) is 0 Å². The summed E-state index contributed by atoms with van der Waals surface area (Å²) in [6.07, 6.45) is 1.01. The molecule has 0 saturated carbocycles. The van der Waals surface area contributed by atoms with Gasteiger partial charge >= 0.3 is 0 Å². The van der Waals surface area contributed by atoms with Gasteiger partial charge in [0.1, 0.15) is 10.7 Å². The smallest absolute Gasteiger partial charge is 0.257 e. The van der Waals surface area contributed by atoms with Crippen molar-refractivity contribution in [3.05, 3.63) is 59.3 Å². The summed E-state index contributed by atoms with van der Waals surface area (Å²) >= 11 is 0. The lowest BCUT2D eigenvalue weighted by atomic mass is 10.1. The van der Waals surface area contributed by atoms with Gasteiger partial charge < -0.3 is 9.26 Å². The van der Waals surface area contributed by atoms with E-state index in [9.17, 15) is 12.8 Å². The van der Waals surface area contributed by atoms with Gasteiger partial charge in [0.25, 0.3) is 5.89 Å². The van der Waals surface area contributed by atoms with Crippen LogP contribution in [0.5, 0.6) is 0 Å². The summed E-state index contributed by atoms with van der Waals surface area (Å²) in [5.41, 5.74) is 0.895. The van der Waals surface area contributed by atoms with E-state index in [4.69, 9.17) is 9.26 Å². The van der Waals surface area contributed by atoms with Crippen molar-refractivity contribution in [2.24, 2.45) is 0 Å². The minimum Gasteiger partial charge on any atom is -0.366 e. The van der Waals surface area contributed by atoms with Crippen LogP contribution in [0.3, 0.4) is 0 Å². The second-order valence-electron chi connectivity index (χ2n) is 6.97. The summed E-state index contributed by atoms with van der Waals surface area (Å²) in [5, 5.41) is 8.11. The average Bonchev–Trinajstić information content (AvgIpc) is 3.36. The number of hydrogen-bond donors (Lipinski definition) is 0. The van der Waals surface area contributed by atoms with Gasteiger partial charge in [-0.2, -0.15) is 14.4 Å². The first kappa shape index (κ1) is 20.6. The number of benzene rings is 1. The molecule has 4 rings (SSSR count). The zero-order valence-electron chi connectivity index (χ0n) is 16.7. The number of hydrogen-bond acceptors (Lipinski definition) is 7. The molecule has 1 aliphatic heterocycles. The van der Waals surface area contributed by atoms with Gasteiger partial charge in [-0.3, -0.25) is 4.68 Å². The number of nitrogens with zero attached hydrogens (tertiary/aromatic N) is 5. The van der Waals surface area contributed by atoms with Crippen LogP contribution in [-0.4, -0.2) is 52.3 Å². The number of halogens is 1. The van der Waals surface area contributed by atoms with Crippen LogP contribution in [0.15, 0.2) is 39.9 Å². The first-order chi connectivity index (χ1) is 14.4. The Labute approximate surface area is 173 Å². The molecule has 1 aliphatic rings. The molecule has 1 aromatic carbocycles. The molecule has 0 amide bonds. The number of rotatable bonds is 6. The quantitative estimate of drug-likeness (QED) is 0.584. The molecule has 11 heteroatoms. The number of aromatic nitrogens is 4. The van der Waals surface area contributed by atoms with E-state index in [-0.39, 0.29) is 42.7 Å². The van der Waals surface area contributed by atoms with Crippen LogP contribution < -0.4 is 0 Å². The minimum absolute atomic E-state index is 0.0421. The Hall–Kier alpha value is -2.63. The van der Waals surface area contributed by atoms with Crippen LogP contribution in [-0.2, 0) is 27.7 Å². The van der Waals surface area contributed by atoms with E-state index in [1.54, 1.807) is 29.8 Å². The summed E-state index contributed by atoms with van der Waals surface area (Å²) in [4.78, 5) is 4.46. The van der Waals surface area contributed by atoms with Gasteiger partial charge in [0.15, 0.2) is 11.9 Å². The summed E-state index contributed by atoms with van der Waals surface area (Å²) in [7, 11) is -3.74. The highest BCUT2D eigenvalue weighted by Crippen LogP contribution is 2.27. The Kier molecular flexibility index (Phi) is 5.67. The maximum atomic E-state index is 13.8. The molecule has 1 saturated heterocycles. The normalized spacial score (nSPS) is 18.0. The topological polar surface area (TPSA) is 103 Å². The van der Waals surface area contributed by atoms with Crippen molar-refractivity contribution >= 4 is 10.0 Å². The molecule has 0 spiro atoms. The standard InChI is InChI=1S/C19H22FN5O4S/c1-3-24-12-17(13(2)22-24)30(26,27)25-8-9-28-16(11-25)19-21-18(23-29-19)10-14-6-4-5-7-15(14)20/h4-7,12,16H,3,8-11H2,1-2H3. The van der Waals surface area contributed by atoms with Gasteiger partial charge in [-0.25, -0.2) is 12.8 Å². The summed E-state index contributed by atoms with van der Waals surface area (Å²) in [6.45, 7) is 4.59. The molecule has 1 unspecified atom stereocenters. The third-order valence-electron chi connectivity index (χ3n) is 4.94. The van der Waals surface area contributed by atoms with Crippen molar-refractivity contribution < 1.29 is 22.1 Å². The Morgan fingerprint density at radius 2 is 2.10 bits per heavy atom. The van der Waals surface area contributed by atoms with E-state index >= 15 is 0 Å². The predicted octanol–water partition coefficient (Wildman–Crippen LogP) is 2.09. The number of aryl methyl sites for hydroxylation is 2. The van der Waals surface area contributed by atoms with Gasteiger partial charge in [-0.15, -0.1) is 0 Å². The minimum atomic E-state index is -3.74. The third kappa shape index (κ3) is 4.00. The predicted molar refractivity (Wildman–Crippen MR) is 104 cm³/mol. The van der Waals surface area contributed by atoms with Crippen molar-refractivity contribution in [2.75, 3.05) is 19.7 Å². The highest BCUT2D eigenvalue weighted by molar-refractivity contribution is 7.89. The molecule has 1 atom stereocenters. The first-order valence-corrected chi connectivity index (χ1v) is 11.0. The fourth-order valence-electron chi connectivity index (χ4n) is 3.33. The summed E-state index contributed by atoms with van der Waals surface area (Å²) in [6, 6.07) is 6.36. The van der Waals surface area contributed by atoms with Crippen LogP contribution in [0, 0.1) is 12.7 Å². The van der Waals surface area contributed by atoms with E-state index in [1.165, 1.54) is 16.6 Å². The largest absolute Gasteiger partial charge is 0.366 e. The number of morpholine rings is 1. The van der Waals surface area contributed by atoms with Crippen molar-refractivity contribution in [3.63, 3.8) is 0 Å². The molecule has 9 nitrogen and oxygen atoms in total. The first-order valence-electron chi connectivity index (χ1n) is 9.60. The third-order valence-corrected chi connectivity index (χ3v) is 6.91. The van der Waals surface area contributed by atoms with Crippen LogP contribution in [0.25, 0.3) is 0 Å². The maximum Gasteiger partial charge on any atom is 0.257 e. The van der Waals surface area contributed by atoms with E-state index < -0.39 is 16.1 Å². The molecule has 2 aromatic heterocycles. The monoisotopic (exact) mass is 435 g/mol. The van der Waals surface area contributed by atoms with E-state index in [1.807, 2.05) is 6.92 Å². The highest BCUT2D eigenvalue weighted by atomic mass is 32.2. The van der Waals surface area contributed by atoms with Crippen LogP contribution in [0.2, 0.25) is 0 Å². The molecule has 1 fully saturated rings. The van der Waals surface area contributed by atoms with Crippen molar-refractivity contribution in [2.45, 2.75) is 37.8 Å². The SMILES string of the molecule is CCn1cc(S(=O)(=O)N2CCOC(c3nc(Cc4ccccc4F)no3)C2)c(C)n1. The molecule has 30 heavy (non-hydrogen) atoms. The van der Waals surface area contributed by atoms with E-state index in [0.29, 0.717) is 23.6 Å². The van der Waals surface area contributed by atoms with Gasteiger partial charge in [-0.05, 0) is 25.5 Å². The summed E-state index contributed by atoms with van der Waals surface area (Å²) < 4.78 is 53.9. The van der Waals surface area contributed by atoms with Gasteiger partial charge in [0, 0.05) is 32.3 Å². The molecule has 3 heterocycles. The van der Waals surface area contributed by atoms with Crippen LogP contribution in [0.1, 0.15) is 36.0 Å². The van der Waals surface area contributed by atoms with Crippen molar-refractivity contribution in [1.82, 2.24) is 24.2 Å². The second kappa shape index (κ2) is 8.25. The fraction of sp³-hybridized carbons (Fsp3) is 0.421. The molecular formula is C19H22FN5O4S. The lowest BCUT2D eigenvalue weighted by Gasteiger charge is -2.30. The molecule has 0 bridgehead atoms. The molecule has 160 valence electrons. The Balaban J connectivity index is 1.51. The van der Waals surface area contributed by atoms with Crippen LogP contribution in [0.4, 0.5) is 4.39 Å². The maximum absolute atomic E-state index is 13.8. The Morgan fingerprint density at radius 3 is 2.83 bits per heavy atom. The number of ether oxygens (including phenoxy) is 1. The lowest BCUT2D eigenvalue weighted by Crippen LogP contribution is -2.42. The molecule has 0 radical (unpaired) electrons. The van der Waals surface area contributed by atoms with Gasteiger partial charge in [-0.1, -0.05) is 23.4 Å². The number of sulfonamides is 1. The molecular weight excluding hydrogens is 413 g/mol. The molecule has 3 aromatic rings. The molecule has 0 aliphatic carbocycles. The average molecular weight is 435 g/mol. The van der Waals surface area contributed by atoms with Crippen molar-refractivity contribution in [3.8, 4) is 0 Å². The Morgan fingerprint density at radius 1 is 1.30 bits per heavy atom. The zero-order valence-corrected chi connectivity index (χ0v) is 17.5. The fourth-order valence-corrected chi connectivity index (χ4v) is 4.92. The molecule has 0 N–H and O–H groups in total. The van der Waals surface area contributed by atoms with E-state index in [0.717, 1.165) is 0 Å². The van der Waals surface area contributed by atoms with Gasteiger partial charge in [0.2, 0.25) is 10.0 Å². The van der Waals surface area contributed by atoms with E-state index in [2.05, 4.69) is 15.2 Å². The summed E-state index contributed by atoms with van der Waals surface area (Å²) in [5.74, 6) is 0.124. The second-order valence-corrected chi connectivity index (χ2v) is 8.88. The lowest BCUT2D eigenvalue weighted by molar-refractivity contribution is -0.0199. The van der Waals surface area contributed by atoms with Gasteiger partial charge in [0.05, 0.1) is 12.3 Å². The van der Waals surface area contributed by atoms with Crippen LogP contribution >= 0.6 is 0 Å². The Bertz CT molecular complexity index is 1140. The zero-order chi connectivity index (χ0) is 21.3. The highest BCUT2D eigenvalue weighted by Gasteiger charge is 2.35.